The predicted octanol–water partition coefficient (Wildman–Crippen LogP) is 6.30. The second kappa shape index (κ2) is 13.6. The zero-order valence-electron chi connectivity index (χ0n) is 25.6. The average Bonchev–Trinajstić information content (AvgIpc) is 3.34. The van der Waals surface area contributed by atoms with Gasteiger partial charge < -0.3 is 23.7 Å². The summed E-state index contributed by atoms with van der Waals surface area (Å²) in [6.07, 6.45) is 1.92. The van der Waals surface area contributed by atoms with Crippen molar-refractivity contribution in [3.63, 3.8) is 0 Å². The summed E-state index contributed by atoms with van der Waals surface area (Å²) in [5, 5.41) is 12.4. The van der Waals surface area contributed by atoms with E-state index in [1.54, 1.807) is 44.1 Å². The van der Waals surface area contributed by atoms with Gasteiger partial charge in [-0.05, 0) is 50.1 Å². The van der Waals surface area contributed by atoms with E-state index >= 15 is 0 Å². The van der Waals surface area contributed by atoms with Gasteiger partial charge in [-0.15, -0.1) is 0 Å². The number of likely N-dealkylation sites (N-methyl/N-ethyl adjacent to an activating group) is 1. The van der Waals surface area contributed by atoms with Crippen molar-refractivity contribution >= 4 is 39.4 Å². The number of non-ortho nitro benzene ring substituents is 1. The van der Waals surface area contributed by atoms with Gasteiger partial charge >= 0.3 is 5.97 Å². The Kier molecular flexibility index (Phi) is 9.39. The van der Waals surface area contributed by atoms with E-state index < -0.39 is 10.9 Å². The third kappa shape index (κ3) is 6.78. The Balaban J connectivity index is 1.63. The first kappa shape index (κ1) is 31.1. The molecule has 2 aromatic heterocycles. The number of fused-ring (bicyclic) bond motifs is 3. The van der Waals surface area contributed by atoms with Crippen LogP contribution in [0.2, 0.25) is 0 Å². The minimum atomic E-state index is -0.592. The third-order valence-electron chi connectivity index (χ3n) is 7.39. The summed E-state index contributed by atoms with van der Waals surface area (Å²) in [4.78, 5) is 43.6. The Labute approximate surface area is 260 Å². The maximum atomic E-state index is 13.6. The van der Waals surface area contributed by atoms with Crippen molar-refractivity contribution in [2.45, 2.75) is 39.5 Å². The van der Waals surface area contributed by atoms with Gasteiger partial charge in [0.05, 0.1) is 40.3 Å². The molecule has 0 unspecified atom stereocenters. The summed E-state index contributed by atoms with van der Waals surface area (Å²) in [5.74, 6) is 0.113. The highest BCUT2D eigenvalue weighted by Gasteiger charge is 2.26. The number of nitro groups is 1. The van der Waals surface area contributed by atoms with E-state index in [4.69, 9.17) is 14.2 Å². The summed E-state index contributed by atoms with van der Waals surface area (Å²) < 4.78 is 19.2. The number of benzene rings is 3. The molecule has 0 aliphatic rings. The monoisotopic (exact) mass is 610 g/mol. The molecule has 232 valence electrons. The number of nitro benzene ring substituents is 1. The Morgan fingerprint density at radius 2 is 1.71 bits per heavy atom. The Morgan fingerprint density at radius 1 is 0.978 bits per heavy atom. The third-order valence-corrected chi connectivity index (χ3v) is 7.39. The fourth-order valence-corrected chi connectivity index (χ4v) is 5.22. The zero-order chi connectivity index (χ0) is 32.1. The number of methoxy groups -OCH3 is 1. The Hall–Kier alpha value is -5.29. The molecule has 0 radical (unpaired) electrons. The van der Waals surface area contributed by atoms with Crippen molar-refractivity contribution < 1.29 is 28.7 Å². The molecule has 0 saturated heterocycles. The molecule has 0 aliphatic heterocycles. The SMILES string of the molecule is COCc1c(C(=O)OC(C)C)ncc2c1c1c(Oc3ccc([N+](=O)[O-])cc3)cccc1n2CC(=O)N(C)CCc1ccccc1. The fourth-order valence-electron chi connectivity index (χ4n) is 5.22. The molecule has 45 heavy (non-hydrogen) atoms. The molecular formula is C34H34N4O7. The number of carbonyl (C=O) groups excluding carboxylic acids is 2. The zero-order valence-corrected chi connectivity index (χ0v) is 25.6. The molecule has 0 spiro atoms. The highest BCUT2D eigenvalue weighted by molar-refractivity contribution is 6.14. The fraction of sp³-hybridized carbons (Fsp3) is 0.265. The summed E-state index contributed by atoms with van der Waals surface area (Å²) in [6.45, 7) is 4.11. The maximum absolute atomic E-state index is 13.6. The Morgan fingerprint density at radius 3 is 2.38 bits per heavy atom. The Bertz CT molecular complexity index is 1850. The van der Waals surface area contributed by atoms with E-state index in [9.17, 15) is 19.7 Å². The first-order valence-electron chi connectivity index (χ1n) is 14.5. The molecule has 11 nitrogen and oxygen atoms in total. The first-order chi connectivity index (χ1) is 21.7. The summed E-state index contributed by atoms with van der Waals surface area (Å²) in [7, 11) is 3.30. The molecule has 3 aromatic carbocycles. The van der Waals surface area contributed by atoms with Crippen LogP contribution in [-0.2, 0) is 33.8 Å². The molecular weight excluding hydrogens is 576 g/mol. The quantitative estimate of drug-likeness (QED) is 0.0915. The molecule has 2 heterocycles. The lowest BCUT2D eigenvalue weighted by molar-refractivity contribution is -0.384. The minimum absolute atomic E-state index is 0.0101. The van der Waals surface area contributed by atoms with Gasteiger partial charge in [0, 0.05) is 43.8 Å². The van der Waals surface area contributed by atoms with Gasteiger partial charge in [0.15, 0.2) is 5.69 Å². The number of hydrogen-bond acceptors (Lipinski definition) is 8. The molecule has 11 heteroatoms. The number of hydrogen-bond donors (Lipinski definition) is 0. The van der Waals surface area contributed by atoms with Crippen molar-refractivity contribution in [2.24, 2.45) is 0 Å². The van der Waals surface area contributed by atoms with Crippen molar-refractivity contribution in [1.82, 2.24) is 14.5 Å². The van der Waals surface area contributed by atoms with E-state index in [1.807, 2.05) is 41.0 Å². The highest BCUT2D eigenvalue weighted by Crippen LogP contribution is 2.40. The van der Waals surface area contributed by atoms with Gasteiger partial charge in [0.1, 0.15) is 18.0 Å². The van der Waals surface area contributed by atoms with Crippen molar-refractivity contribution in [1.29, 1.82) is 0 Å². The number of nitrogens with zero attached hydrogens (tertiary/aromatic N) is 4. The standard InChI is InChI=1S/C34H34N4O7/c1-22(2)44-34(40)33-26(21-43-4)31-28(19-35-33)37(20-30(39)36(3)18-17-23-9-6-5-7-10-23)27-11-8-12-29(32(27)31)45-25-15-13-24(14-16-25)38(41)42/h5-16,19,22H,17-18,20-21H2,1-4H3. The topological polar surface area (TPSA) is 126 Å². The summed E-state index contributed by atoms with van der Waals surface area (Å²) >= 11 is 0. The smallest absolute Gasteiger partial charge is 0.357 e. The normalized spacial score (nSPS) is 11.2. The van der Waals surface area contributed by atoms with E-state index in [1.165, 1.54) is 31.4 Å². The van der Waals surface area contributed by atoms with E-state index in [-0.39, 0.29) is 36.5 Å². The second-order valence-electron chi connectivity index (χ2n) is 10.9. The van der Waals surface area contributed by atoms with Gasteiger partial charge in [0.25, 0.3) is 5.69 Å². The number of aromatic nitrogens is 2. The molecule has 5 aromatic rings. The number of pyridine rings is 1. The summed E-state index contributed by atoms with van der Waals surface area (Å²) in [5.41, 5.74) is 2.97. The number of amides is 1. The van der Waals surface area contributed by atoms with E-state index in [0.717, 1.165) is 5.56 Å². The second-order valence-corrected chi connectivity index (χ2v) is 10.9. The van der Waals surface area contributed by atoms with Crippen LogP contribution < -0.4 is 4.74 Å². The molecule has 5 rings (SSSR count). The molecule has 0 fully saturated rings. The summed E-state index contributed by atoms with van der Waals surface area (Å²) in [6, 6.07) is 21.2. The van der Waals surface area contributed by atoms with Crippen molar-refractivity contribution in [2.75, 3.05) is 20.7 Å². The molecule has 0 bridgehead atoms. The van der Waals surface area contributed by atoms with Crippen LogP contribution in [0, 0.1) is 10.1 Å². The van der Waals surface area contributed by atoms with Crippen LogP contribution >= 0.6 is 0 Å². The first-order valence-corrected chi connectivity index (χ1v) is 14.5. The molecule has 0 aliphatic carbocycles. The van der Waals surface area contributed by atoms with E-state index in [0.29, 0.717) is 51.8 Å². The lowest BCUT2D eigenvalue weighted by Crippen LogP contribution is -2.32. The highest BCUT2D eigenvalue weighted by atomic mass is 16.6. The average molecular weight is 611 g/mol. The van der Waals surface area contributed by atoms with Crippen LogP contribution in [0.1, 0.15) is 35.5 Å². The van der Waals surface area contributed by atoms with Gasteiger partial charge in [-0.1, -0.05) is 36.4 Å². The number of carbonyl (C=O) groups is 2. The molecule has 0 saturated carbocycles. The number of esters is 1. The molecule has 1 amide bonds. The maximum Gasteiger partial charge on any atom is 0.357 e. The van der Waals surface area contributed by atoms with Crippen LogP contribution in [0.15, 0.2) is 79.0 Å². The predicted molar refractivity (Wildman–Crippen MR) is 169 cm³/mol. The van der Waals surface area contributed by atoms with Crippen LogP contribution in [0.25, 0.3) is 21.8 Å². The van der Waals surface area contributed by atoms with Gasteiger partial charge in [-0.2, -0.15) is 0 Å². The van der Waals surface area contributed by atoms with Crippen molar-refractivity contribution in [3.05, 3.63) is 106 Å². The lowest BCUT2D eigenvalue weighted by atomic mass is 10.0. The van der Waals surface area contributed by atoms with E-state index in [2.05, 4.69) is 4.98 Å². The van der Waals surface area contributed by atoms with Gasteiger partial charge in [0.2, 0.25) is 5.91 Å². The number of rotatable bonds is 12. The molecule has 0 N–H and O–H groups in total. The largest absolute Gasteiger partial charge is 0.458 e. The number of ether oxygens (including phenoxy) is 3. The van der Waals surface area contributed by atoms with Crippen LogP contribution in [-0.4, -0.2) is 58.1 Å². The van der Waals surface area contributed by atoms with Gasteiger partial charge in [-0.25, -0.2) is 9.78 Å². The van der Waals surface area contributed by atoms with Crippen LogP contribution in [0.3, 0.4) is 0 Å². The van der Waals surface area contributed by atoms with Gasteiger partial charge in [-0.3, -0.25) is 14.9 Å². The minimum Gasteiger partial charge on any atom is -0.458 e. The van der Waals surface area contributed by atoms with Crippen molar-refractivity contribution in [3.8, 4) is 11.5 Å². The molecule has 0 atom stereocenters. The van der Waals surface area contributed by atoms with Crippen LogP contribution in [0.4, 0.5) is 5.69 Å². The van der Waals surface area contributed by atoms with Crippen LogP contribution in [0.5, 0.6) is 11.5 Å². The lowest BCUT2D eigenvalue weighted by Gasteiger charge is -2.18.